The number of tetrazole rings is 1. The van der Waals surface area contributed by atoms with Gasteiger partial charge in [0.15, 0.2) is 0 Å². The Kier molecular flexibility index (Phi) is 7.33. The summed E-state index contributed by atoms with van der Waals surface area (Å²) in [7, 11) is 0. The number of aryl methyl sites for hydroxylation is 1. The van der Waals surface area contributed by atoms with Crippen LogP contribution in [-0.4, -0.2) is 32.7 Å². The summed E-state index contributed by atoms with van der Waals surface area (Å²) in [6.45, 7) is 5.98. The molecule has 0 aliphatic heterocycles. The predicted octanol–water partition coefficient (Wildman–Crippen LogP) is 3.47. The van der Waals surface area contributed by atoms with Gasteiger partial charge in [-0.15, -0.1) is 10.2 Å². The SMILES string of the molecule is CC(C)COc1ccc(CNC(=O)CCCn2nnc(-c3ccccc3)n2)cc1. The molecule has 1 heterocycles. The van der Waals surface area contributed by atoms with Crippen molar-refractivity contribution in [2.24, 2.45) is 5.92 Å². The minimum Gasteiger partial charge on any atom is -0.493 e. The van der Waals surface area contributed by atoms with E-state index in [2.05, 4.69) is 34.6 Å². The maximum atomic E-state index is 12.1. The maximum absolute atomic E-state index is 12.1. The molecule has 0 aliphatic rings. The molecular formula is C22H27N5O2. The third kappa shape index (κ3) is 6.71. The van der Waals surface area contributed by atoms with E-state index in [1.807, 2.05) is 54.6 Å². The molecule has 0 saturated heterocycles. The first-order valence-corrected chi connectivity index (χ1v) is 9.92. The fourth-order valence-corrected chi connectivity index (χ4v) is 2.68. The van der Waals surface area contributed by atoms with Gasteiger partial charge < -0.3 is 10.1 Å². The number of rotatable bonds is 10. The average molecular weight is 393 g/mol. The third-order valence-electron chi connectivity index (χ3n) is 4.24. The number of hydrogen-bond donors (Lipinski definition) is 1. The van der Waals surface area contributed by atoms with Crippen molar-refractivity contribution in [3.63, 3.8) is 0 Å². The molecule has 152 valence electrons. The van der Waals surface area contributed by atoms with E-state index >= 15 is 0 Å². The molecule has 0 atom stereocenters. The lowest BCUT2D eigenvalue weighted by Gasteiger charge is -2.09. The number of hydrogen-bond acceptors (Lipinski definition) is 5. The highest BCUT2D eigenvalue weighted by Gasteiger charge is 2.07. The van der Waals surface area contributed by atoms with Crippen LogP contribution in [0.15, 0.2) is 54.6 Å². The Balaban J connectivity index is 1.37. The first-order valence-electron chi connectivity index (χ1n) is 9.92. The van der Waals surface area contributed by atoms with Gasteiger partial charge in [0, 0.05) is 18.5 Å². The van der Waals surface area contributed by atoms with Crippen molar-refractivity contribution in [2.75, 3.05) is 6.61 Å². The van der Waals surface area contributed by atoms with Crippen molar-refractivity contribution in [1.29, 1.82) is 0 Å². The number of aromatic nitrogens is 4. The second-order valence-corrected chi connectivity index (χ2v) is 7.30. The molecule has 2 aromatic carbocycles. The van der Waals surface area contributed by atoms with E-state index in [1.54, 1.807) is 0 Å². The molecule has 0 radical (unpaired) electrons. The van der Waals surface area contributed by atoms with Gasteiger partial charge in [-0.3, -0.25) is 4.79 Å². The second-order valence-electron chi connectivity index (χ2n) is 7.30. The summed E-state index contributed by atoms with van der Waals surface area (Å²) in [5.74, 6) is 1.94. The number of nitrogens with zero attached hydrogens (tertiary/aromatic N) is 4. The van der Waals surface area contributed by atoms with Crippen LogP contribution >= 0.6 is 0 Å². The Bertz CT molecular complexity index is 891. The molecule has 0 spiro atoms. The summed E-state index contributed by atoms with van der Waals surface area (Å²) >= 11 is 0. The molecule has 3 aromatic rings. The first-order chi connectivity index (χ1) is 14.1. The summed E-state index contributed by atoms with van der Waals surface area (Å²) in [6.07, 6.45) is 1.07. The van der Waals surface area contributed by atoms with Crippen molar-refractivity contribution in [3.05, 3.63) is 60.2 Å². The minimum atomic E-state index is 0.00790. The van der Waals surface area contributed by atoms with E-state index in [9.17, 15) is 4.79 Å². The fraction of sp³-hybridized carbons (Fsp3) is 0.364. The minimum absolute atomic E-state index is 0.00790. The van der Waals surface area contributed by atoms with E-state index in [0.717, 1.165) is 16.9 Å². The summed E-state index contributed by atoms with van der Waals surface area (Å²) in [5.41, 5.74) is 1.97. The van der Waals surface area contributed by atoms with Gasteiger partial charge in [-0.1, -0.05) is 56.3 Å². The fourth-order valence-electron chi connectivity index (χ4n) is 2.68. The average Bonchev–Trinajstić information content (AvgIpc) is 3.21. The predicted molar refractivity (Wildman–Crippen MR) is 111 cm³/mol. The standard InChI is InChI=1S/C22H27N5O2/c1-17(2)16-29-20-12-10-18(11-13-20)15-23-21(28)9-6-14-27-25-22(24-26-27)19-7-4-3-5-8-19/h3-5,7-8,10-13,17H,6,9,14-16H2,1-2H3,(H,23,28). The lowest BCUT2D eigenvalue weighted by Crippen LogP contribution is -2.22. The number of carbonyl (C=O) groups is 1. The van der Waals surface area contributed by atoms with Crippen LogP contribution in [0.5, 0.6) is 5.75 Å². The highest BCUT2D eigenvalue weighted by molar-refractivity contribution is 5.75. The summed E-state index contributed by atoms with van der Waals surface area (Å²) in [6, 6.07) is 17.5. The van der Waals surface area contributed by atoms with Crippen molar-refractivity contribution in [2.45, 2.75) is 39.8 Å². The third-order valence-corrected chi connectivity index (χ3v) is 4.24. The zero-order valence-corrected chi connectivity index (χ0v) is 16.9. The Hall–Kier alpha value is -3.22. The van der Waals surface area contributed by atoms with Crippen molar-refractivity contribution >= 4 is 5.91 Å². The van der Waals surface area contributed by atoms with Crippen LogP contribution in [0.25, 0.3) is 11.4 Å². The largest absolute Gasteiger partial charge is 0.493 e. The van der Waals surface area contributed by atoms with Crippen LogP contribution in [-0.2, 0) is 17.9 Å². The molecule has 0 saturated carbocycles. The van der Waals surface area contributed by atoms with Crippen LogP contribution in [0.3, 0.4) is 0 Å². The van der Waals surface area contributed by atoms with E-state index < -0.39 is 0 Å². The molecule has 0 aliphatic carbocycles. The second kappa shape index (κ2) is 10.4. The summed E-state index contributed by atoms with van der Waals surface area (Å²) < 4.78 is 5.67. The van der Waals surface area contributed by atoms with Gasteiger partial charge in [0.1, 0.15) is 5.75 Å². The number of amides is 1. The molecule has 7 nitrogen and oxygen atoms in total. The van der Waals surface area contributed by atoms with Gasteiger partial charge in [-0.05, 0) is 35.2 Å². The maximum Gasteiger partial charge on any atom is 0.220 e. The molecule has 1 aromatic heterocycles. The molecule has 29 heavy (non-hydrogen) atoms. The molecule has 0 bridgehead atoms. The van der Waals surface area contributed by atoms with Crippen LogP contribution < -0.4 is 10.1 Å². The topological polar surface area (TPSA) is 81.9 Å². The Morgan fingerprint density at radius 1 is 1.10 bits per heavy atom. The zero-order valence-electron chi connectivity index (χ0n) is 16.9. The number of carbonyl (C=O) groups excluding carboxylic acids is 1. The first kappa shape index (κ1) is 20.5. The van der Waals surface area contributed by atoms with Gasteiger partial charge in [0.2, 0.25) is 11.7 Å². The Labute approximate surface area is 171 Å². The molecular weight excluding hydrogens is 366 g/mol. The van der Waals surface area contributed by atoms with E-state index in [1.165, 1.54) is 4.80 Å². The molecule has 1 N–H and O–H groups in total. The number of benzene rings is 2. The van der Waals surface area contributed by atoms with Crippen LogP contribution in [0.1, 0.15) is 32.3 Å². The van der Waals surface area contributed by atoms with Crippen molar-refractivity contribution in [1.82, 2.24) is 25.5 Å². The molecule has 7 heteroatoms. The van der Waals surface area contributed by atoms with Gasteiger partial charge in [0.25, 0.3) is 0 Å². The van der Waals surface area contributed by atoms with Gasteiger partial charge >= 0.3 is 0 Å². The van der Waals surface area contributed by atoms with E-state index in [4.69, 9.17) is 4.74 Å². The molecule has 0 unspecified atom stereocenters. The lowest BCUT2D eigenvalue weighted by molar-refractivity contribution is -0.121. The van der Waals surface area contributed by atoms with E-state index in [-0.39, 0.29) is 5.91 Å². The summed E-state index contributed by atoms with van der Waals surface area (Å²) in [4.78, 5) is 13.6. The lowest BCUT2D eigenvalue weighted by atomic mass is 10.2. The Morgan fingerprint density at radius 2 is 1.86 bits per heavy atom. The van der Waals surface area contributed by atoms with E-state index in [0.29, 0.717) is 44.3 Å². The number of ether oxygens (including phenoxy) is 1. The quantitative estimate of drug-likeness (QED) is 0.570. The normalized spacial score (nSPS) is 10.9. The van der Waals surface area contributed by atoms with Crippen LogP contribution in [0.4, 0.5) is 0 Å². The molecule has 1 amide bonds. The van der Waals surface area contributed by atoms with Crippen LogP contribution in [0, 0.1) is 5.92 Å². The van der Waals surface area contributed by atoms with Crippen molar-refractivity contribution in [3.8, 4) is 17.1 Å². The van der Waals surface area contributed by atoms with Gasteiger partial charge in [-0.25, -0.2) is 0 Å². The van der Waals surface area contributed by atoms with Crippen LogP contribution in [0.2, 0.25) is 0 Å². The smallest absolute Gasteiger partial charge is 0.220 e. The number of nitrogens with one attached hydrogen (secondary N) is 1. The Morgan fingerprint density at radius 3 is 2.59 bits per heavy atom. The monoisotopic (exact) mass is 393 g/mol. The van der Waals surface area contributed by atoms with Gasteiger partial charge in [-0.2, -0.15) is 4.80 Å². The molecule has 3 rings (SSSR count). The molecule has 0 fully saturated rings. The van der Waals surface area contributed by atoms with Gasteiger partial charge in [0.05, 0.1) is 13.2 Å². The highest BCUT2D eigenvalue weighted by Crippen LogP contribution is 2.14. The van der Waals surface area contributed by atoms with Crippen molar-refractivity contribution < 1.29 is 9.53 Å². The highest BCUT2D eigenvalue weighted by atomic mass is 16.5. The summed E-state index contributed by atoms with van der Waals surface area (Å²) in [5, 5.41) is 15.4. The zero-order chi connectivity index (χ0) is 20.5.